The maximum Gasteiger partial charge on any atom is 0.152 e. The van der Waals surface area contributed by atoms with E-state index in [9.17, 15) is 0 Å². The molecule has 2 heterocycles. The maximum atomic E-state index is 4.53. The standard InChI is InChI=1S/C19H26N4/c1-3-16-12-11-14-7-4-5-10-17(14)23(16)13-18-20-21-19(22(18)2)15-8-6-9-15/h4-5,7,10,15-16H,3,6,8-9,11-13H2,1-2H3/t16-/m1/s1. The number of rotatable bonds is 4. The van der Waals surface area contributed by atoms with Crippen molar-refractivity contribution in [2.24, 2.45) is 7.05 Å². The van der Waals surface area contributed by atoms with Gasteiger partial charge < -0.3 is 9.47 Å². The molecule has 23 heavy (non-hydrogen) atoms. The summed E-state index contributed by atoms with van der Waals surface area (Å²) in [6.07, 6.45) is 7.50. The molecule has 0 bridgehead atoms. The minimum atomic E-state index is 0.605. The molecule has 1 atom stereocenters. The zero-order valence-electron chi connectivity index (χ0n) is 14.2. The Kier molecular flexibility index (Phi) is 3.83. The van der Waals surface area contributed by atoms with Crippen molar-refractivity contribution in [1.82, 2.24) is 14.8 Å². The van der Waals surface area contributed by atoms with Crippen LogP contribution in [-0.2, 0) is 20.0 Å². The smallest absolute Gasteiger partial charge is 0.152 e. The number of para-hydroxylation sites is 1. The van der Waals surface area contributed by atoms with Crippen molar-refractivity contribution < 1.29 is 0 Å². The van der Waals surface area contributed by atoms with Crippen LogP contribution >= 0.6 is 0 Å². The third-order valence-corrected chi connectivity index (χ3v) is 5.74. The van der Waals surface area contributed by atoms with Crippen LogP contribution in [0.25, 0.3) is 0 Å². The van der Waals surface area contributed by atoms with E-state index in [1.54, 1.807) is 0 Å². The molecule has 0 spiro atoms. The van der Waals surface area contributed by atoms with E-state index in [0.29, 0.717) is 12.0 Å². The SMILES string of the molecule is CC[C@@H]1CCc2ccccc2N1Cc1nnc(C2CCC2)n1C. The minimum Gasteiger partial charge on any atom is -0.361 e. The van der Waals surface area contributed by atoms with Gasteiger partial charge in [-0.25, -0.2) is 0 Å². The summed E-state index contributed by atoms with van der Waals surface area (Å²) in [5.74, 6) is 2.92. The van der Waals surface area contributed by atoms with E-state index < -0.39 is 0 Å². The van der Waals surface area contributed by atoms with Crippen LogP contribution in [0.15, 0.2) is 24.3 Å². The Labute approximate surface area is 138 Å². The number of fused-ring (bicyclic) bond motifs is 1. The van der Waals surface area contributed by atoms with Crippen LogP contribution in [0.3, 0.4) is 0 Å². The normalized spacial score (nSPS) is 21.1. The van der Waals surface area contributed by atoms with Gasteiger partial charge in [-0.2, -0.15) is 0 Å². The fourth-order valence-electron chi connectivity index (χ4n) is 4.00. The first-order valence-corrected chi connectivity index (χ1v) is 9.00. The van der Waals surface area contributed by atoms with Crippen molar-refractivity contribution in [2.75, 3.05) is 4.90 Å². The van der Waals surface area contributed by atoms with Gasteiger partial charge in [0.25, 0.3) is 0 Å². The van der Waals surface area contributed by atoms with Crippen molar-refractivity contribution in [3.8, 4) is 0 Å². The van der Waals surface area contributed by atoms with Gasteiger partial charge in [0.15, 0.2) is 5.82 Å². The van der Waals surface area contributed by atoms with Crippen LogP contribution in [0.4, 0.5) is 5.69 Å². The van der Waals surface area contributed by atoms with Gasteiger partial charge in [0.1, 0.15) is 5.82 Å². The van der Waals surface area contributed by atoms with Gasteiger partial charge in [0.2, 0.25) is 0 Å². The van der Waals surface area contributed by atoms with E-state index in [-0.39, 0.29) is 0 Å². The van der Waals surface area contributed by atoms with Gasteiger partial charge in [-0.3, -0.25) is 0 Å². The molecule has 1 saturated carbocycles. The average Bonchev–Trinajstić information content (AvgIpc) is 2.87. The summed E-state index contributed by atoms with van der Waals surface area (Å²) in [6, 6.07) is 9.44. The molecule has 0 amide bonds. The number of hydrogen-bond donors (Lipinski definition) is 0. The molecule has 1 aliphatic heterocycles. The quantitative estimate of drug-likeness (QED) is 0.861. The molecule has 122 valence electrons. The lowest BCUT2D eigenvalue weighted by Crippen LogP contribution is -2.39. The van der Waals surface area contributed by atoms with Gasteiger partial charge >= 0.3 is 0 Å². The fourth-order valence-corrected chi connectivity index (χ4v) is 4.00. The van der Waals surface area contributed by atoms with Crippen LogP contribution in [0.2, 0.25) is 0 Å². The summed E-state index contributed by atoms with van der Waals surface area (Å²) < 4.78 is 2.24. The van der Waals surface area contributed by atoms with E-state index in [2.05, 4.69) is 57.9 Å². The van der Waals surface area contributed by atoms with Crippen LogP contribution in [0, 0.1) is 0 Å². The number of hydrogen-bond acceptors (Lipinski definition) is 3. The first-order valence-electron chi connectivity index (χ1n) is 9.00. The topological polar surface area (TPSA) is 34.0 Å². The zero-order chi connectivity index (χ0) is 15.8. The van der Waals surface area contributed by atoms with Gasteiger partial charge in [0.05, 0.1) is 6.54 Å². The molecule has 1 aromatic carbocycles. The maximum absolute atomic E-state index is 4.53. The third-order valence-electron chi connectivity index (χ3n) is 5.74. The Hall–Kier alpha value is -1.84. The summed E-state index contributed by atoms with van der Waals surface area (Å²) in [6.45, 7) is 3.16. The molecule has 2 aliphatic rings. The van der Waals surface area contributed by atoms with E-state index in [1.165, 1.54) is 55.6 Å². The van der Waals surface area contributed by atoms with E-state index >= 15 is 0 Å². The number of benzene rings is 1. The molecule has 4 nitrogen and oxygen atoms in total. The lowest BCUT2D eigenvalue weighted by atomic mass is 9.85. The van der Waals surface area contributed by atoms with Gasteiger partial charge in [-0.05, 0) is 43.7 Å². The van der Waals surface area contributed by atoms with Gasteiger partial charge in [-0.15, -0.1) is 10.2 Å². The summed E-state index contributed by atoms with van der Waals surface area (Å²) in [5.41, 5.74) is 2.86. The first-order chi connectivity index (χ1) is 11.3. The molecule has 0 saturated heterocycles. The summed E-state index contributed by atoms with van der Waals surface area (Å²) in [4.78, 5) is 2.55. The van der Waals surface area contributed by atoms with Crippen molar-refractivity contribution in [3.05, 3.63) is 41.5 Å². The zero-order valence-corrected chi connectivity index (χ0v) is 14.2. The second-order valence-corrected chi connectivity index (χ2v) is 7.02. The molecule has 1 fully saturated rings. The van der Waals surface area contributed by atoms with E-state index in [1.807, 2.05) is 0 Å². The number of anilines is 1. The highest BCUT2D eigenvalue weighted by Gasteiger charge is 2.28. The second-order valence-electron chi connectivity index (χ2n) is 7.02. The molecule has 1 aromatic heterocycles. The molecule has 2 aromatic rings. The van der Waals surface area contributed by atoms with Gasteiger partial charge in [0, 0.05) is 24.7 Å². The van der Waals surface area contributed by atoms with Crippen LogP contribution < -0.4 is 4.90 Å². The lowest BCUT2D eigenvalue weighted by Gasteiger charge is -2.38. The highest BCUT2D eigenvalue weighted by Crippen LogP contribution is 2.36. The summed E-state index contributed by atoms with van der Waals surface area (Å²) in [7, 11) is 2.14. The summed E-state index contributed by atoms with van der Waals surface area (Å²) in [5, 5.41) is 9.02. The monoisotopic (exact) mass is 310 g/mol. The first kappa shape index (κ1) is 14.7. The van der Waals surface area contributed by atoms with Crippen LogP contribution in [-0.4, -0.2) is 20.8 Å². The molecular formula is C19H26N4. The van der Waals surface area contributed by atoms with Crippen molar-refractivity contribution >= 4 is 5.69 Å². The van der Waals surface area contributed by atoms with Crippen molar-refractivity contribution in [2.45, 2.75) is 64.0 Å². The average molecular weight is 310 g/mol. The highest BCUT2D eigenvalue weighted by molar-refractivity contribution is 5.56. The molecular weight excluding hydrogens is 284 g/mol. The van der Waals surface area contributed by atoms with E-state index in [0.717, 1.165) is 12.4 Å². The minimum absolute atomic E-state index is 0.605. The van der Waals surface area contributed by atoms with Crippen LogP contribution in [0.1, 0.15) is 62.2 Å². The van der Waals surface area contributed by atoms with Gasteiger partial charge in [-0.1, -0.05) is 31.5 Å². The molecule has 0 radical (unpaired) electrons. The predicted octanol–water partition coefficient (Wildman–Crippen LogP) is 3.81. The third kappa shape index (κ3) is 2.54. The molecule has 1 aliphatic carbocycles. The number of nitrogens with zero attached hydrogens (tertiary/aromatic N) is 4. The number of aryl methyl sites for hydroxylation is 1. The Bertz CT molecular complexity index is 686. The molecule has 4 heteroatoms. The Morgan fingerprint density at radius 2 is 1.96 bits per heavy atom. The lowest BCUT2D eigenvalue weighted by molar-refractivity contribution is 0.391. The Morgan fingerprint density at radius 3 is 2.70 bits per heavy atom. The van der Waals surface area contributed by atoms with Crippen LogP contribution in [0.5, 0.6) is 0 Å². The van der Waals surface area contributed by atoms with Crippen molar-refractivity contribution in [3.63, 3.8) is 0 Å². The fraction of sp³-hybridized carbons (Fsp3) is 0.579. The molecule has 0 N–H and O–H groups in total. The molecule has 0 unspecified atom stereocenters. The Morgan fingerprint density at radius 1 is 1.13 bits per heavy atom. The highest BCUT2D eigenvalue weighted by atomic mass is 15.3. The summed E-state index contributed by atoms with van der Waals surface area (Å²) >= 11 is 0. The Balaban J connectivity index is 1.63. The number of aromatic nitrogens is 3. The second kappa shape index (κ2) is 5.99. The van der Waals surface area contributed by atoms with Crippen molar-refractivity contribution in [1.29, 1.82) is 0 Å². The molecule has 4 rings (SSSR count). The largest absolute Gasteiger partial charge is 0.361 e. The van der Waals surface area contributed by atoms with E-state index in [4.69, 9.17) is 0 Å². The predicted molar refractivity (Wildman–Crippen MR) is 92.6 cm³/mol.